The van der Waals surface area contributed by atoms with Crippen LogP contribution in [0.2, 0.25) is 0 Å². The molecule has 1 saturated heterocycles. The zero-order valence-corrected chi connectivity index (χ0v) is 10.8. The molecular weight excluding hydrogens is 276 g/mol. The Hall–Kier alpha value is 0.0600. The van der Waals surface area contributed by atoms with Gasteiger partial charge in [0.2, 0.25) is 0 Å². The molecule has 2 unspecified atom stereocenters. The van der Waals surface area contributed by atoms with Gasteiger partial charge in [0.15, 0.2) is 0 Å². The molecule has 5 heteroatoms. The van der Waals surface area contributed by atoms with E-state index in [1.54, 1.807) is 11.3 Å². The zero-order chi connectivity index (χ0) is 10.7. The average Bonchev–Trinajstić information content (AvgIpc) is 2.76. The highest BCUT2D eigenvalue weighted by molar-refractivity contribution is 9.10. The lowest BCUT2D eigenvalue weighted by molar-refractivity contribution is 0.193. The van der Waals surface area contributed by atoms with E-state index in [0.29, 0.717) is 6.04 Å². The molecule has 1 aromatic heterocycles. The number of nitrogens with one attached hydrogen (secondary N) is 2. The molecule has 0 aliphatic carbocycles. The molecule has 0 radical (unpaired) electrons. The molecule has 1 aliphatic rings. The summed E-state index contributed by atoms with van der Waals surface area (Å²) in [6, 6.07) is 2.55. The quantitative estimate of drug-likeness (QED) is 0.784. The SMILES string of the molecule is OC1CNC(CNCc2cc(Br)cs2)C1. The van der Waals surface area contributed by atoms with E-state index in [0.717, 1.165) is 30.5 Å². The van der Waals surface area contributed by atoms with E-state index >= 15 is 0 Å². The third kappa shape index (κ3) is 3.53. The number of halogens is 1. The molecule has 0 aromatic carbocycles. The van der Waals surface area contributed by atoms with E-state index in [1.165, 1.54) is 4.88 Å². The van der Waals surface area contributed by atoms with E-state index in [4.69, 9.17) is 0 Å². The number of aliphatic hydroxyl groups excluding tert-OH is 1. The van der Waals surface area contributed by atoms with Gasteiger partial charge in [-0.05, 0) is 28.4 Å². The first kappa shape index (κ1) is 11.5. The van der Waals surface area contributed by atoms with Crippen LogP contribution in [0.25, 0.3) is 0 Å². The minimum Gasteiger partial charge on any atom is -0.392 e. The Kier molecular flexibility index (Phi) is 4.16. The van der Waals surface area contributed by atoms with Crippen molar-refractivity contribution in [1.82, 2.24) is 10.6 Å². The van der Waals surface area contributed by atoms with Gasteiger partial charge in [0.05, 0.1) is 6.10 Å². The summed E-state index contributed by atoms with van der Waals surface area (Å²) in [5.74, 6) is 0. The largest absolute Gasteiger partial charge is 0.392 e. The fraction of sp³-hybridized carbons (Fsp3) is 0.600. The smallest absolute Gasteiger partial charge is 0.0680 e. The maximum absolute atomic E-state index is 9.32. The van der Waals surface area contributed by atoms with Crippen LogP contribution in [0.3, 0.4) is 0 Å². The van der Waals surface area contributed by atoms with Crippen molar-refractivity contribution in [1.29, 1.82) is 0 Å². The Morgan fingerprint density at radius 2 is 2.53 bits per heavy atom. The first-order valence-corrected chi connectivity index (χ1v) is 6.76. The lowest BCUT2D eigenvalue weighted by Gasteiger charge is -2.10. The van der Waals surface area contributed by atoms with Gasteiger partial charge < -0.3 is 15.7 Å². The van der Waals surface area contributed by atoms with E-state index < -0.39 is 0 Å². The van der Waals surface area contributed by atoms with Crippen molar-refractivity contribution in [2.75, 3.05) is 13.1 Å². The summed E-state index contributed by atoms with van der Waals surface area (Å²) >= 11 is 5.19. The highest BCUT2D eigenvalue weighted by Crippen LogP contribution is 2.19. The van der Waals surface area contributed by atoms with Crippen LogP contribution in [0.4, 0.5) is 0 Å². The fourth-order valence-corrected chi connectivity index (χ4v) is 3.19. The van der Waals surface area contributed by atoms with Crippen LogP contribution in [0.15, 0.2) is 15.9 Å². The first-order chi connectivity index (χ1) is 7.24. The third-order valence-electron chi connectivity index (χ3n) is 2.51. The van der Waals surface area contributed by atoms with Gasteiger partial charge in [0.1, 0.15) is 0 Å². The molecule has 1 fully saturated rings. The van der Waals surface area contributed by atoms with Gasteiger partial charge in [-0.3, -0.25) is 0 Å². The Bertz CT molecular complexity index is 318. The van der Waals surface area contributed by atoms with E-state index in [1.807, 2.05) is 0 Å². The van der Waals surface area contributed by atoms with Crippen molar-refractivity contribution in [2.45, 2.75) is 25.1 Å². The van der Waals surface area contributed by atoms with Crippen LogP contribution in [-0.4, -0.2) is 30.3 Å². The van der Waals surface area contributed by atoms with Crippen molar-refractivity contribution < 1.29 is 5.11 Å². The summed E-state index contributed by atoms with van der Waals surface area (Å²) in [6.45, 7) is 2.56. The maximum atomic E-state index is 9.32. The molecule has 3 nitrogen and oxygen atoms in total. The second-order valence-corrected chi connectivity index (χ2v) is 5.77. The topological polar surface area (TPSA) is 44.3 Å². The highest BCUT2D eigenvalue weighted by Gasteiger charge is 2.21. The first-order valence-electron chi connectivity index (χ1n) is 5.09. The number of thiophene rings is 1. The van der Waals surface area contributed by atoms with Gasteiger partial charge in [-0.2, -0.15) is 0 Å². The molecular formula is C10H15BrN2OS. The summed E-state index contributed by atoms with van der Waals surface area (Å²) in [5, 5.41) is 18.1. The van der Waals surface area contributed by atoms with Gasteiger partial charge in [0, 0.05) is 40.4 Å². The molecule has 3 N–H and O–H groups in total. The van der Waals surface area contributed by atoms with E-state index in [2.05, 4.69) is 38.0 Å². The van der Waals surface area contributed by atoms with Gasteiger partial charge >= 0.3 is 0 Å². The molecule has 2 rings (SSSR count). The fourth-order valence-electron chi connectivity index (χ4n) is 1.77. The normalized spacial score (nSPS) is 26.0. The Morgan fingerprint density at radius 3 is 3.13 bits per heavy atom. The Balaban J connectivity index is 1.67. The predicted molar refractivity (Wildman–Crippen MR) is 66.1 cm³/mol. The summed E-state index contributed by atoms with van der Waals surface area (Å²) in [7, 11) is 0. The molecule has 0 saturated carbocycles. The van der Waals surface area contributed by atoms with Crippen LogP contribution in [0.1, 0.15) is 11.3 Å². The van der Waals surface area contributed by atoms with E-state index in [9.17, 15) is 5.11 Å². The summed E-state index contributed by atoms with van der Waals surface area (Å²) in [4.78, 5) is 1.33. The number of hydrogen-bond acceptors (Lipinski definition) is 4. The second kappa shape index (κ2) is 5.41. The Morgan fingerprint density at radius 1 is 1.67 bits per heavy atom. The number of aliphatic hydroxyl groups is 1. The van der Waals surface area contributed by atoms with Crippen LogP contribution in [0, 0.1) is 0 Å². The van der Waals surface area contributed by atoms with Crippen molar-refractivity contribution >= 4 is 27.3 Å². The standard InChI is InChI=1S/C10H15BrN2OS/c11-7-1-10(15-6-7)5-12-3-8-2-9(14)4-13-8/h1,6,8-9,12-14H,2-5H2. The van der Waals surface area contributed by atoms with Gasteiger partial charge in [0.25, 0.3) is 0 Å². The zero-order valence-electron chi connectivity index (χ0n) is 8.37. The van der Waals surface area contributed by atoms with Crippen molar-refractivity contribution in [3.05, 3.63) is 20.8 Å². The van der Waals surface area contributed by atoms with Crippen molar-refractivity contribution in [2.24, 2.45) is 0 Å². The third-order valence-corrected chi connectivity index (χ3v) is 4.21. The molecule has 0 amide bonds. The van der Waals surface area contributed by atoms with Crippen LogP contribution in [-0.2, 0) is 6.54 Å². The minimum atomic E-state index is -0.160. The number of β-amino-alcohol motifs (C(OH)–C–C–N with tert-alkyl or cyclic N) is 1. The molecule has 1 aromatic rings. The minimum absolute atomic E-state index is 0.160. The van der Waals surface area contributed by atoms with Crippen LogP contribution in [0.5, 0.6) is 0 Å². The van der Waals surface area contributed by atoms with Gasteiger partial charge in [-0.25, -0.2) is 0 Å². The Labute approximate surface area is 102 Å². The molecule has 2 atom stereocenters. The molecule has 2 heterocycles. The molecule has 0 spiro atoms. The van der Waals surface area contributed by atoms with Gasteiger partial charge in [-0.1, -0.05) is 0 Å². The second-order valence-electron chi connectivity index (χ2n) is 3.86. The van der Waals surface area contributed by atoms with Crippen molar-refractivity contribution in [3.8, 4) is 0 Å². The number of hydrogen-bond donors (Lipinski definition) is 3. The molecule has 0 bridgehead atoms. The lowest BCUT2D eigenvalue weighted by atomic mass is 10.2. The van der Waals surface area contributed by atoms with Crippen LogP contribution >= 0.6 is 27.3 Å². The summed E-state index contributed by atoms with van der Waals surface area (Å²) in [5.41, 5.74) is 0. The number of rotatable bonds is 4. The monoisotopic (exact) mass is 290 g/mol. The van der Waals surface area contributed by atoms with Crippen molar-refractivity contribution in [3.63, 3.8) is 0 Å². The van der Waals surface area contributed by atoms with E-state index in [-0.39, 0.29) is 6.10 Å². The highest BCUT2D eigenvalue weighted by atomic mass is 79.9. The molecule has 84 valence electrons. The summed E-state index contributed by atoms with van der Waals surface area (Å²) in [6.07, 6.45) is 0.703. The van der Waals surface area contributed by atoms with Crippen LogP contribution < -0.4 is 10.6 Å². The van der Waals surface area contributed by atoms with Gasteiger partial charge in [-0.15, -0.1) is 11.3 Å². The predicted octanol–water partition coefficient (Wildman–Crippen LogP) is 1.32. The molecule has 1 aliphatic heterocycles. The molecule has 15 heavy (non-hydrogen) atoms. The lowest BCUT2D eigenvalue weighted by Crippen LogP contribution is -2.33. The maximum Gasteiger partial charge on any atom is 0.0680 e. The summed E-state index contributed by atoms with van der Waals surface area (Å²) < 4.78 is 1.15. The average molecular weight is 291 g/mol.